The summed E-state index contributed by atoms with van der Waals surface area (Å²) in [5.74, 6) is 0.183. The quantitative estimate of drug-likeness (QED) is 0.930. The summed E-state index contributed by atoms with van der Waals surface area (Å²) in [6.45, 7) is 7.22. The topological polar surface area (TPSA) is 49.4 Å². The Hall–Kier alpha value is -2.62. The molecule has 1 saturated heterocycles. The zero-order valence-electron chi connectivity index (χ0n) is 15.0. The first-order valence-corrected chi connectivity index (χ1v) is 8.66. The van der Waals surface area contributed by atoms with Crippen molar-refractivity contribution in [3.8, 4) is 0 Å². The average Bonchev–Trinajstić information content (AvgIpc) is 2.96. The lowest BCUT2D eigenvalue weighted by Gasteiger charge is -2.17. The van der Waals surface area contributed by atoms with Crippen LogP contribution in [0.1, 0.15) is 33.5 Å². The lowest BCUT2D eigenvalue weighted by atomic mass is 10.1. The van der Waals surface area contributed by atoms with Crippen molar-refractivity contribution in [2.75, 3.05) is 18.0 Å². The maximum absolute atomic E-state index is 12.3. The van der Waals surface area contributed by atoms with Crippen molar-refractivity contribution in [1.82, 2.24) is 5.32 Å². The van der Waals surface area contributed by atoms with Crippen LogP contribution in [-0.2, 0) is 4.79 Å². The van der Waals surface area contributed by atoms with Crippen LogP contribution in [0.4, 0.5) is 5.69 Å². The molecule has 1 aliphatic rings. The summed E-state index contributed by atoms with van der Waals surface area (Å²) in [6.07, 6.45) is 0.473. The van der Waals surface area contributed by atoms with Crippen molar-refractivity contribution in [1.29, 1.82) is 0 Å². The van der Waals surface area contributed by atoms with Gasteiger partial charge >= 0.3 is 0 Å². The Morgan fingerprint density at radius 2 is 1.80 bits per heavy atom. The Kier molecular flexibility index (Phi) is 4.88. The van der Waals surface area contributed by atoms with Gasteiger partial charge in [-0.3, -0.25) is 9.59 Å². The Balaban J connectivity index is 1.59. The molecule has 1 aliphatic heterocycles. The number of hydrogen-bond acceptors (Lipinski definition) is 2. The molecule has 0 saturated carbocycles. The average molecular weight is 336 g/mol. The Labute approximate surface area is 148 Å². The Morgan fingerprint density at radius 1 is 1.08 bits per heavy atom. The van der Waals surface area contributed by atoms with Gasteiger partial charge in [-0.1, -0.05) is 23.8 Å². The monoisotopic (exact) mass is 336 g/mol. The molecule has 2 aromatic rings. The highest BCUT2D eigenvalue weighted by Crippen LogP contribution is 2.25. The number of rotatable bonds is 4. The summed E-state index contributed by atoms with van der Waals surface area (Å²) < 4.78 is 0. The summed E-state index contributed by atoms with van der Waals surface area (Å²) in [5.41, 5.74) is 5.05. The van der Waals surface area contributed by atoms with Crippen LogP contribution in [0.2, 0.25) is 0 Å². The van der Waals surface area contributed by atoms with Crippen LogP contribution >= 0.6 is 0 Å². The third-order valence-corrected chi connectivity index (χ3v) is 4.87. The maximum Gasteiger partial charge on any atom is 0.251 e. The molecule has 3 rings (SSSR count). The number of nitrogens with zero attached hydrogens (tertiary/aromatic N) is 1. The van der Waals surface area contributed by atoms with Gasteiger partial charge < -0.3 is 10.2 Å². The second-order valence-corrected chi connectivity index (χ2v) is 6.92. The molecule has 1 N–H and O–H groups in total. The highest BCUT2D eigenvalue weighted by atomic mass is 16.2. The predicted molar refractivity (Wildman–Crippen MR) is 99.9 cm³/mol. The molecule has 25 heavy (non-hydrogen) atoms. The minimum absolute atomic E-state index is 0.0793. The van der Waals surface area contributed by atoms with E-state index in [1.807, 2.05) is 68.1 Å². The van der Waals surface area contributed by atoms with Gasteiger partial charge in [-0.25, -0.2) is 0 Å². The molecule has 0 radical (unpaired) electrons. The van der Waals surface area contributed by atoms with Crippen LogP contribution in [0.25, 0.3) is 0 Å². The van der Waals surface area contributed by atoms with E-state index >= 15 is 0 Å². The first-order chi connectivity index (χ1) is 11.9. The van der Waals surface area contributed by atoms with E-state index in [-0.39, 0.29) is 17.7 Å². The molecule has 4 heteroatoms. The fourth-order valence-corrected chi connectivity index (χ4v) is 3.11. The lowest BCUT2D eigenvalue weighted by Crippen LogP contribution is -2.31. The van der Waals surface area contributed by atoms with Crippen molar-refractivity contribution in [2.24, 2.45) is 5.92 Å². The molecule has 0 unspecified atom stereocenters. The first kappa shape index (κ1) is 17.2. The highest BCUT2D eigenvalue weighted by molar-refractivity contribution is 5.96. The molecular weight excluding hydrogens is 312 g/mol. The predicted octanol–water partition coefficient (Wildman–Crippen LogP) is 3.39. The van der Waals surface area contributed by atoms with Gasteiger partial charge in [-0.15, -0.1) is 0 Å². The van der Waals surface area contributed by atoms with E-state index in [4.69, 9.17) is 0 Å². The zero-order valence-corrected chi connectivity index (χ0v) is 15.0. The summed E-state index contributed by atoms with van der Waals surface area (Å²) in [7, 11) is 0. The van der Waals surface area contributed by atoms with Crippen LogP contribution < -0.4 is 10.2 Å². The van der Waals surface area contributed by atoms with Crippen molar-refractivity contribution in [3.63, 3.8) is 0 Å². The van der Waals surface area contributed by atoms with Crippen molar-refractivity contribution in [2.45, 2.75) is 27.2 Å². The molecule has 0 spiro atoms. The molecule has 1 fully saturated rings. The first-order valence-electron chi connectivity index (χ1n) is 8.66. The molecule has 1 atom stereocenters. The number of benzene rings is 2. The minimum Gasteiger partial charge on any atom is -0.352 e. The van der Waals surface area contributed by atoms with Gasteiger partial charge in [-0.05, 0) is 56.2 Å². The van der Waals surface area contributed by atoms with E-state index in [9.17, 15) is 9.59 Å². The number of carbonyl (C=O) groups excluding carboxylic acids is 2. The van der Waals surface area contributed by atoms with Gasteiger partial charge in [0.1, 0.15) is 0 Å². The van der Waals surface area contributed by atoms with Crippen LogP contribution in [0.15, 0.2) is 42.5 Å². The molecule has 0 bridgehead atoms. The molecule has 0 aliphatic carbocycles. The van der Waals surface area contributed by atoms with Gasteiger partial charge in [0, 0.05) is 36.7 Å². The maximum atomic E-state index is 12.3. The SMILES string of the molecule is Cc1ccc(N2C[C@@H](CNC(=O)c3ccc(C)c(C)c3)CC2=O)cc1. The third-order valence-electron chi connectivity index (χ3n) is 4.87. The second kappa shape index (κ2) is 7.09. The Morgan fingerprint density at radius 3 is 2.48 bits per heavy atom. The van der Waals surface area contributed by atoms with Crippen molar-refractivity contribution >= 4 is 17.5 Å². The lowest BCUT2D eigenvalue weighted by molar-refractivity contribution is -0.117. The number of nitrogens with one attached hydrogen (secondary N) is 1. The van der Waals surface area contributed by atoms with Gasteiger partial charge in [0.15, 0.2) is 0 Å². The second-order valence-electron chi connectivity index (χ2n) is 6.92. The van der Waals surface area contributed by atoms with E-state index in [0.29, 0.717) is 25.1 Å². The highest BCUT2D eigenvalue weighted by Gasteiger charge is 2.30. The van der Waals surface area contributed by atoms with Crippen molar-refractivity contribution in [3.05, 3.63) is 64.7 Å². The van der Waals surface area contributed by atoms with E-state index in [2.05, 4.69) is 5.32 Å². The number of anilines is 1. The van der Waals surface area contributed by atoms with Gasteiger partial charge in [0.05, 0.1) is 0 Å². The molecule has 1 heterocycles. The normalized spacial score (nSPS) is 17.0. The number of hydrogen-bond donors (Lipinski definition) is 1. The van der Waals surface area contributed by atoms with Crippen molar-refractivity contribution < 1.29 is 9.59 Å². The van der Waals surface area contributed by atoms with E-state index < -0.39 is 0 Å². The number of aryl methyl sites for hydroxylation is 3. The summed E-state index contributed by atoms with van der Waals surface area (Å²) in [6, 6.07) is 13.7. The van der Waals surface area contributed by atoms with Crippen LogP contribution in [-0.4, -0.2) is 24.9 Å². The van der Waals surface area contributed by atoms with Crippen LogP contribution in [0, 0.1) is 26.7 Å². The Bertz CT molecular complexity index is 796. The van der Waals surface area contributed by atoms with E-state index in [0.717, 1.165) is 11.3 Å². The molecule has 130 valence electrons. The minimum atomic E-state index is -0.0793. The van der Waals surface area contributed by atoms with Crippen LogP contribution in [0.3, 0.4) is 0 Å². The van der Waals surface area contributed by atoms with Gasteiger partial charge in [0.2, 0.25) is 5.91 Å². The number of carbonyl (C=O) groups is 2. The molecule has 2 amide bonds. The molecule has 2 aromatic carbocycles. The zero-order chi connectivity index (χ0) is 18.0. The van der Waals surface area contributed by atoms with Gasteiger partial charge in [-0.2, -0.15) is 0 Å². The largest absolute Gasteiger partial charge is 0.352 e. The molecular formula is C21H24N2O2. The molecule has 0 aromatic heterocycles. The fourth-order valence-electron chi connectivity index (χ4n) is 3.11. The fraction of sp³-hybridized carbons (Fsp3) is 0.333. The summed E-state index contributed by atoms with van der Waals surface area (Å²) >= 11 is 0. The van der Waals surface area contributed by atoms with Gasteiger partial charge in [0.25, 0.3) is 5.91 Å². The summed E-state index contributed by atoms with van der Waals surface area (Å²) in [4.78, 5) is 26.4. The van der Waals surface area contributed by atoms with E-state index in [1.165, 1.54) is 11.1 Å². The smallest absolute Gasteiger partial charge is 0.251 e. The molecule has 4 nitrogen and oxygen atoms in total. The summed E-state index contributed by atoms with van der Waals surface area (Å²) in [5, 5.41) is 2.97. The third kappa shape index (κ3) is 3.90. The standard InChI is InChI=1S/C21H24N2O2/c1-14-4-8-19(9-5-14)23-13-17(11-20(23)24)12-22-21(25)18-7-6-15(2)16(3)10-18/h4-10,17H,11-13H2,1-3H3,(H,22,25)/t17-/m1/s1. The van der Waals surface area contributed by atoms with Crippen LogP contribution in [0.5, 0.6) is 0 Å². The number of amides is 2. The van der Waals surface area contributed by atoms with E-state index in [1.54, 1.807) is 0 Å².